The van der Waals surface area contributed by atoms with Gasteiger partial charge in [-0.05, 0) is 36.4 Å². The van der Waals surface area contributed by atoms with E-state index in [0.717, 1.165) is 18.2 Å². The van der Waals surface area contributed by atoms with Gasteiger partial charge < -0.3 is 10.5 Å². The second kappa shape index (κ2) is 4.83. The predicted molar refractivity (Wildman–Crippen MR) is 67.7 cm³/mol. The van der Waals surface area contributed by atoms with Gasteiger partial charge in [0.1, 0.15) is 29.3 Å². The molecule has 2 atom stereocenters. The van der Waals surface area contributed by atoms with Crippen LogP contribution in [0.1, 0.15) is 29.7 Å². The number of fused-ring (bicyclic) bond motifs is 1. The minimum atomic E-state index is -0.682. The molecule has 2 nitrogen and oxygen atoms in total. The summed E-state index contributed by atoms with van der Waals surface area (Å²) in [7, 11) is 0. The molecule has 2 N–H and O–H groups in total. The average molecular weight is 279 g/mol. The molecule has 0 fully saturated rings. The van der Waals surface area contributed by atoms with E-state index in [1.807, 2.05) is 0 Å². The number of benzene rings is 2. The number of rotatable bonds is 1. The van der Waals surface area contributed by atoms with Crippen molar-refractivity contribution >= 4 is 0 Å². The summed E-state index contributed by atoms with van der Waals surface area (Å²) in [4.78, 5) is 0. The van der Waals surface area contributed by atoms with Crippen molar-refractivity contribution in [3.8, 4) is 5.75 Å². The number of hydrogen-bond donors (Lipinski definition) is 1. The maximum Gasteiger partial charge on any atom is 0.130 e. The van der Waals surface area contributed by atoms with Crippen LogP contribution in [-0.4, -0.2) is 0 Å². The fourth-order valence-corrected chi connectivity index (χ4v) is 2.43. The minimum absolute atomic E-state index is 0.121. The second-order valence-electron chi connectivity index (χ2n) is 4.80. The van der Waals surface area contributed by atoms with Gasteiger partial charge in [0.05, 0.1) is 0 Å². The molecule has 1 heterocycles. The fraction of sp³-hybridized carbons (Fsp3) is 0.200. The van der Waals surface area contributed by atoms with E-state index in [1.165, 1.54) is 18.2 Å². The van der Waals surface area contributed by atoms with E-state index in [4.69, 9.17) is 10.5 Å². The Morgan fingerprint density at radius 3 is 2.35 bits per heavy atom. The van der Waals surface area contributed by atoms with Crippen LogP contribution in [0.5, 0.6) is 5.75 Å². The van der Waals surface area contributed by atoms with Crippen molar-refractivity contribution in [2.24, 2.45) is 5.73 Å². The van der Waals surface area contributed by atoms with Crippen LogP contribution in [0.3, 0.4) is 0 Å². The third kappa shape index (κ3) is 2.25. The molecule has 0 aromatic heterocycles. The van der Waals surface area contributed by atoms with Gasteiger partial charge >= 0.3 is 0 Å². The van der Waals surface area contributed by atoms with Gasteiger partial charge in [0.25, 0.3) is 0 Å². The molecular weight excluding hydrogens is 267 g/mol. The van der Waals surface area contributed by atoms with Gasteiger partial charge in [-0.15, -0.1) is 0 Å². The van der Waals surface area contributed by atoms with Gasteiger partial charge in [-0.3, -0.25) is 0 Å². The zero-order valence-electron chi connectivity index (χ0n) is 10.4. The lowest BCUT2D eigenvalue weighted by atomic mass is 9.93. The first-order chi connectivity index (χ1) is 9.54. The van der Waals surface area contributed by atoms with E-state index in [2.05, 4.69) is 0 Å². The normalized spacial score (nSPS) is 21.2. The van der Waals surface area contributed by atoms with E-state index in [1.54, 1.807) is 0 Å². The summed E-state index contributed by atoms with van der Waals surface area (Å²) < 4.78 is 45.8. The zero-order chi connectivity index (χ0) is 14.3. The van der Waals surface area contributed by atoms with Gasteiger partial charge in [0.15, 0.2) is 0 Å². The van der Waals surface area contributed by atoms with Crippen LogP contribution in [0.15, 0.2) is 36.4 Å². The third-order valence-corrected chi connectivity index (χ3v) is 3.41. The molecule has 2 aromatic carbocycles. The van der Waals surface area contributed by atoms with Gasteiger partial charge in [-0.1, -0.05) is 0 Å². The SMILES string of the molecule is NC1CC(c2cc(F)ccc2F)Oc2ccc(F)cc21. The molecule has 0 saturated heterocycles. The lowest BCUT2D eigenvalue weighted by Gasteiger charge is -2.30. The third-order valence-electron chi connectivity index (χ3n) is 3.41. The molecule has 0 aliphatic carbocycles. The van der Waals surface area contributed by atoms with E-state index in [9.17, 15) is 13.2 Å². The summed E-state index contributed by atoms with van der Waals surface area (Å²) in [5, 5.41) is 0. The van der Waals surface area contributed by atoms with Crippen LogP contribution < -0.4 is 10.5 Å². The first-order valence-electron chi connectivity index (χ1n) is 6.21. The minimum Gasteiger partial charge on any atom is -0.485 e. The van der Waals surface area contributed by atoms with Crippen LogP contribution in [0.25, 0.3) is 0 Å². The Labute approximate surface area is 114 Å². The average Bonchev–Trinajstić information content (AvgIpc) is 2.42. The topological polar surface area (TPSA) is 35.2 Å². The molecule has 0 saturated carbocycles. The van der Waals surface area contributed by atoms with Gasteiger partial charge in [-0.2, -0.15) is 0 Å². The standard InChI is InChI=1S/C15H12F3NO/c16-8-1-3-12(18)10(5-8)15-7-13(19)11-6-9(17)2-4-14(11)20-15/h1-6,13,15H,7,19H2. The molecule has 104 valence electrons. The van der Waals surface area contributed by atoms with Gasteiger partial charge in [-0.25, -0.2) is 13.2 Å². The lowest BCUT2D eigenvalue weighted by Crippen LogP contribution is -2.25. The number of halogens is 3. The molecular formula is C15H12F3NO. The van der Waals surface area contributed by atoms with Crippen molar-refractivity contribution in [3.05, 3.63) is 65.0 Å². The van der Waals surface area contributed by atoms with Crippen LogP contribution in [-0.2, 0) is 0 Å². The van der Waals surface area contributed by atoms with E-state index in [-0.39, 0.29) is 12.0 Å². The van der Waals surface area contributed by atoms with Crippen molar-refractivity contribution in [2.45, 2.75) is 18.6 Å². The highest BCUT2D eigenvalue weighted by atomic mass is 19.1. The smallest absolute Gasteiger partial charge is 0.130 e. The Morgan fingerprint density at radius 2 is 1.60 bits per heavy atom. The van der Waals surface area contributed by atoms with Gasteiger partial charge in [0, 0.05) is 23.6 Å². The van der Waals surface area contributed by atoms with Gasteiger partial charge in [0.2, 0.25) is 0 Å². The van der Waals surface area contributed by atoms with Crippen molar-refractivity contribution in [1.29, 1.82) is 0 Å². The van der Waals surface area contributed by atoms with Crippen LogP contribution in [0.2, 0.25) is 0 Å². The molecule has 20 heavy (non-hydrogen) atoms. The Hall–Kier alpha value is -2.01. The van der Waals surface area contributed by atoms with Crippen molar-refractivity contribution in [2.75, 3.05) is 0 Å². The lowest BCUT2D eigenvalue weighted by molar-refractivity contribution is 0.156. The maximum absolute atomic E-state index is 13.8. The largest absolute Gasteiger partial charge is 0.485 e. The monoisotopic (exact) mass is 279 g/mol. The quantitative estimate of drug-likeness (QED) is 0.865. The highest BCUT2D eigenvalue weighted by molar-refractivity contribution is 5.39. The van der Waals surface area contributed by atoms with Crippen LogP contribution >= 0.6 is 0 Å². The number of ether oxygens (including phenoxy) is 1. The summed E-state index contributed by atoms with van der Waals surface area (Å²) in [6, 6.07) is 6.72. The molecule has 0 radical (unpaired) electrons. The molecule has 1 aliphatic rings. The maximum atomic E-state index is 13.8. The predicted octanol–water partition coefficient (Wildman–Crippen LogP) is 3.63. The molecule has 0 spiro atoms. The zero-order valence-corrected chi connectivity index (χ0v) is 10.4. The molecule has 1 aliphatic heterocycles. The molecule has 0 bridgehead atoms. The summed E-state index contributed by atoms with van der Waals surface area (Å²) in [6.45, 7) is 0. The summed E-state index contributed by atoms with van der Waals surface area (Å²) in [5.74, 6) is -1.09. The highest BCUT2D eigenvalue weighted by Gasteiger charge is 2.29. The van der Waals surface area contributed by atoms with E-state index < -0.39 is 29.6 Å². The highest BCUT2D eigenvalue weighted by Crippen LogP contribution is 2.40. The Kier molecular flexibility index (Phi) is 3.14. The molecule has 3 rings (SSSR count). The Bertz CT molecular complexity index is 660. The Morgan fingerprint density at radius 1 is 0.950 bits per heavy atom. The number of nitrogens with two attached hydrogens (primary N) is 1. The first kappa shape index (κ1) is 13.0. The summed E-state index contributed by atoms with van der Waals surface area (Å²) in [6.07, 6.45) is -0.421. The molecule has 2 aromatic rings. The summed E-state index contributed by atoms with van der Waals surface area (Å²) >= 11 is 0. The molecule has 5 heteroatoms. The molecule has 0 amide bonds. The summed E-state index contributed by atoms with van der Waals surface area (Å²) in [5.41, 5.74) is 6.63. The number of hydrogen-bond acceptors (Lipinski definition) is 2. The Balaban J connectivity index is 1.99. The van der Waals surface area contributed by atoms with Crippen molar-refractivity contribution in [1.82, 2.24) is 0 Å². The van der Waals surface area contributed by atoms with E-state index >= 15 is 0 Å². The van der Waals surface area contributed by atoms with E-state index in [0.29, 0.717) is 11.3 Å². The van der Waals surface area contributed by atoms with Crippen molar-refractivity contribution < 1.29 is 17.9 Å². The second-order valence-corrected chi connectivity index (χ2v) is 4.80. The first-order valence-corrected chi connectivity index (χ1v) is 6.21. The molecule has 2 unspecified atom stereocenters. The fourth-order valence-electron chi connectivity index (χ4n) is 2.43. The van der Waals surface area contributed by atoms with Crippen LogP contribution in [0.4, 0.5) is 13.2 Å². The van der Waals surface area contributed by atoms with Crippen LogP contribution in [0, 0.1) is 17.5 Å². The van der Waals surface area contributed by atoms with Crippen molar-refractivity contribution in [3.63, 3.8) is 0 Å².